The van der Waals surface area contributed by atoms with E-state index < -0.39 is 16.4 Å². The summed E-state index contributed by atoms with van der Waals surface area (Å²) in [6, 6.07) is 5.54. The summed E-state index contributed by atoms with van der Waals surface area (Å²) < 4.78 is 18.9. The number of nitrogens with zero attached hydrogens (tertiary/aromatic N) is 2. The summed E-state index contributed by atoms with van der Waals surface area (Å²) >= 11 is 0. The van der Waals surface area contributed by atoms with Crippen LogP contribution in [0.2, 0.25) is 0 Å². The number of nitro benzene ring substituents is 1. The van der Waals surface area contributed by atoms with Gasteiger partial charge in [-0.15, -0.1) is 0 Å². The summed E-state index contributed by atoms with van der Waals surface area (Å²) in [7, 11) is 1.30. The van der Waals surface area contributed by atoms with Gasteiger partial charge in [0, 0.05) is 18.5 Å². The number of ether oxygens (including phenoxy) is 1. The monoisotopic (exact) mass is 291 g/mol. The molecule has 0 aliphatic carbocycles. The van der Waals surface area contributed by atoms with Gasteiger partial charge in [0.25, 0.3) is 0 Å². The van der Waals surface area contributed by atoms with E-state index in [0.717, 1.165) is 11.6 Å². The Balaban J connectivity index is 2.30. The first-order valence-electron chi connectivity index (χ1n) is 6.21. The SMILES string of the molecule is COc1cc(NC(C)c2cccnc2)c(F)cc1[N+](=O)[O-]. The van der Waals surface area contributed by atoms with Gasteiger partial charge in [-0.1, -0.05) is 6.07 Å². The third kappa shape index (κ3) is 3.25. The highest BCUT2D eigenvalue weighted by molar-refractivity contribution is 5.59. The summed E-state index contributed by atoms with van der Waals surface area (Å²) in [5, 5.41) is 13.8. The van der Waals surface area contributed by atoms with Gasteiger partial charge < -0.3 is 10.1 Å². The fourth-order valence-corrected chi connectivity index (χ4v) is 1.91. The van der Waals surface area contributed by atoms with Crippen molar-refractivity contribution in [2.24, 2.45) is 0 Å². The van der Waals surface area contributed by atoms with Crippen molar-refractivity contribution in [2.75, 3.05) is 12.4 Å². The average molecular weight is 291 g/mol. The quantitative estimate of drug-likeness (QED) is 0.675. The Morgan fingerprint density at radius 1 is 1.48 bits per heavy atom. The van der Waals surface area contributed by atoms with Crippen LogP contribution in [0.25, 0.3) is 0 Å². The van der Waals surface area contributed by atoms with E-state index in [4.69, 9.17) is 4.74 Å². The molecule has 1 atom stereocenters. The van der Waals surface area contributed by atoms with Crippen molar-refractivity contribution < 1.29 is 14.1 Å². The highest BCUT2D eigenvalue weighted by Crippen LogP contribution is 2.33. The van der Waals surface area contributed by atoms with Crippen molar-refractivity contribution in [1.82, 2.24) is 4.98 Å². The minimum atomic E-state index is -0.710. The fourth-order valence-electron chi connectivity index (χ4n) is 1.91. The summed E-state index contributed by atoms with van der Waals surface area (Å²) in [4.78, 5) is 14.1. The minimum absolute atomic E-state index is 0.00212. The van der Waals surface area contributed by atoms with Crippen LogP contribution in [0.15, 0.2) is 36.7 Å². The Morgan fingerprint density at radius 2 is 2.24 bits per heavy atom. The van der Waals surface area contributed by atoms with Crippen molar-refractivity contribution in [3.05, 3.63) is 58.2 Å². The molecule has 6 nitrogen and oxygen atoms in total. The Bertz CT molecular complexity index is 649. The molecule has 1 heterocycles. The normalized spacial score (nSPS) is 11.8. The summed E-state index contributed by atoms with van der Waals surface area (Å²) in [6.45, 7) is 1.84. The van der Waals surface area contributed by atoms with E-state index >= 15 is 0 Å². The number of rotatable bonds is 5. The van der Waals surface area contributed by atoms with Crippen molar-refractivity contribution in [3.8, 4) is 5.75 Å². The number of benzene rings is 1. The van der Waals surface area contributed by atoms with Crippen LogP contribution in [0.5, 0.6) is 5.75 Å². The van der Waals surface area contributed by atoms with Crippen LogP contribution in [0, 0.1) is 15.9 Å². The fraction of sp³-hybridized carbons (Fsp3) is 0.214. The molecule has 0 amide bonds. The number of nitro groups is 1. The van der Waals surface area contributed by atoms with E-state index in [-0.39, 0.29) is 17.5 Å². The molecule has 0 aliphatic heterocycles. The first-order valence-corrected chi connectivity index (χ1v) is 6.21. The number of hydrogen-bond donors (Lipinski definition) is 1. The second kappa shape index (κ2) is 6.17. The van der Waals surface area contributed by atoms with Crippen molar-refractivity contribution in [2.45, 2.75) is 13.0 Å². The second-order valence-electron chi connectivity index (χ2n) is 4.41. The van der Waals surface area contributed by atoms with Gasteiger partial charge in [-0.2, -0.15) is 0 Å². The Kier molecular flexibility index (Phi) is 4.32. The molecule has 7 heteroatoms. The molecular formula is C14H14FN3O3. The molecule has 21 heavy (non-hydrogen) atoms. The largest absolute Gasteiger partial charge is 0.490 e. The zero-order chi connectivity index (χ0) is 15.4. The number of hydrogen-bond acceptors (Lipinski definition) is 5. The predicted octanol–water partition coefficient (Wildman–Crippen LogP) is 3.31. The van der Waals surface area contributed by atoms with Crippen LogP contribution in [0.4, 0.5) is 15.8 Å². The number of methoxy groups -OCH3 is 1. The number of halogens is 1. The number of aromatic nitrogens is 1. The van der Waals surface area contributed by atoms with E-state index in [1.54, 1.807) is 18.5 Å². The second-order valence-corrected chi connectivity index (χ2v) is 4.41. The van der Waals surface area contributed by atoms with Crippen molar-refractivity contribution >= 4 is 11.4 Å². The van der Waals surface area contributed by atoms with E-state index in [9.17, 15) is 14.5 Å². The highest BCUT2D eigenvalue weighted by Gasteiger charge is 2.20. The van der Waals surface area contributed by atoms with Crippen LogP contribution in [-0.4, -0.2) is 17.0 Å². The molecule has 0 spiro atoms. The number of pyridine rings is 1. The third-order valence-electron chi connectivity index (χ3n) is 3.02. The lowest BCUT2D eigenvalue weighted by atomic mass is 10.1. The molecule has 1 N–H and O–H groups in total. The molecule has 1 aromatic carbocycles. The topological polar surface area (TPSA) is 77.3 Å². The minimum Gasteiger partial charge on any atom is -0.490 e. The van der Waals surface area contributed by atoms with E-state index in [1.165, 1.54) is 13.2 Å². The highest BCUT2D eigenvalue weighted by atomic mass is 19.1. The van der Waals surface area contributed by atoms with Crippen molar-refractivity contribution in [1.29, 1.82) is 0 Å². The lowest BCUT2D eigenvalue weighted by Gasteiger charge is -2.16. The maximum atomic E-state index is 14.0. The number of nitrogens with one attached hydrogen (secondary N) is 1. The molecule has 0 fully saturated rings. The maximum absolute atomic E-state index is 14.0. The summed E-state index contributed by atoms with van der Waals surface area (Å²) in [5.41, 5.74) is 0.595. The van der Waals surface area contributed by atoms with Gasteiger partial charge in [0.1, 0.15) is 0 Å². The van der Waals surface area contributed by atoms with E-state index in [2.05, 4.69) is 10.3 Å². The molecule has 2 rings (SSSR count). The molecule has 0 saturated heterocycles. The van der Waals surface area contributed by atoms with E-state index in [1.807, 2.05) is 13.0 Å². The zero-order valence-corrected chi connectivity index (χ0v) is 11.5. The molecule has 1 unspecified atom stereocenters. The lowest BCUT2D eigenvalue weighted by Crippen LogP contribution is -2.09. The van der Waals surface area contributed by atoms with Gasteiger partial charge >= 0.3 is 5.69 Å². The maximum Gasteiger partial charge on any atom is 0.313 e. The van der Waals surface area contributed by atoms with Crippen LogP contribution in [0.1, 0.15) is 18.5 Å². The van der Waals surface area contributed by atoms with Crippen LogP contribution in [0.3, 0.4) is 0 Å². The summed E-state index contributed by atoms with van der Waals surface area (Å²) in [5.74, 6) is -0.708. The molecule has 0 saturated carbocycles. The number of anilines is 1. The van der Waals surface area contributed by atoms with Gasteiger partial charge in [-0.05, 0) is 18.6 Å². The molecule has 1 aromatic heterocycles. The molecular weight excluding hydrogens is 277 g/mol. The van der Waals surface area contributed by atoms with Crippen molar-refractivity contribution in [3.63, 3.8) is 0 Å². The van der Waals surface area contributed by atoms with Crippen LogP contribution in [-0.2, 0) is 0 Å². The predicted molar refractivity (Wildman–Crippen MR) is 75.9 cm³/mol. The standard InChI is InChI=1S/C14H14FN3O3/c1-9(10-4-3-5-16-8-10)17-12-7-14(21-2)13(18(19)20)6-11(12)15/h3-9,17H,1-2H3. The zero-order valence-electron chi connectivity index (χ0n) is 11.5. The third-order valence-corrected chi connectivity index (χ3v) is 3.02. The van der Waals surface area contributed by atoms with E-state index in [0.29, 0.717) is 0 Å². The van der Waals surface area contributed by atoms with Crippen LogP contribution >= 0.6 is 0 Å². The Hall–Kier alpha value is -2.70. The molecule has 0 radical (unpaired) electrons. The van der Waals surface area contributed by atoms with Gasteiger partial charge in [0.05, 0.1) is 29.8 Å². The smallest absolute Gasteiger partial charge is 0.313 e. The van der Waals surface area contributed by atoms with Gasteiger partial charge in [-0.25, -0.2) is 4.39 Å². The average Bonchev–Trinajstić information content (AvgIpc) is 2.49. The van der Waals surface area contributed by atoms with Crippen LogP contribution < -0.4 is 10.1 Å². The Labute approximate surface area is 120 Å². The lowest BCUT2D eigenvalue weighted by molar-refractivity contribution is -0.385. The van der Waals surface area contributed by atoms with Gasteiger partial charge in [0.15, 0.2) is 11.6 Å². The first kappa shape index (κ1) is 14.7. The van der Waals surface area contributed by atoms with Gasteiger partial charge in [0.2, 0.25) is 0 Å². The Morgan fingerprint density at radius 3 is 2.81 bits per heavy atom. The molecule has 0 bridgehead atoms. The molecule has 110 valence electrons. The molecule has 2 aromatic rings. The molecule has 0 aliphatic rings. The van der Waals surface area contributed by atoms with Gasteiger partial charge in [-0.3, -0.25) is 15.1 Å². The first-order chi connectivity index (χ1) is 10.0. The summed E-state index contributed by atoms with van der Waals surface area (Å²) in [6.07, 6.45) is 3.31.